The van der Waals surface area contributed by atoms with E-state index in [9.17, 15) is 13.6 Å². The lowest BCUT2D eigenvalue weighted by Crippen LogP contribution is -2.60. The maximum atomic E-state index is 14.6. The van der Waals surface area contributed by atoms with Crippen LogP contribution in [0.2, 0.25) is 10.0 Å². The lowest BCUT2D eigenvalue weighted by Gasteiger charge is -2.41. The number of carbonyl (C=O) groups is 1. The lowest BCUT2D eigenvalue weighted by molar-refractivity contribution is -0.128. The smallest absolute Gasteiger partial charge is 0.252 e. The molecule has 3 heterocycles. The van der Waals surface area contributed by atoms with E-state index in [2.05, 4.69) is 21.9 Å². The van der Waals surface area contributed by atoms with Gasteiger partial charge in [-0.25, -0.2) is 8.78 Å². The molecule has 3 aromatic carbocycles. The van der Waals surface area contributed by atoms with Crippen LogP contribution in [0.1, 0.15) is 41.7 Å². The van der Waals surface area contributed by atoms with Gasteiger partial charge in [-0.2, -0.15) is 0 Å². The highest BCUT2D eigenvalue weighted by atomic mass is 35.5. The molecule has 2 N–H and O–H groups in total. The van der Waals surface area contributed by atoms with Crippen molar-refractivity contribution in [2.75, 3.05) is 26.8 Å². The van der Waals surface area contributed by atoms with Gasteiger partial charge in [0.1, 0.15) is 29.7 Å². The fraction of sp³-hybridized carbons (Fsp3) is 0.351. The van der Waals surface area contributed by atoms with Crippen molar-refractivity contribution in [1.29, 1.82) is 0 Å². The standard InChI is InChI=1S/C37H36Cl2F2N4O4/c1-47-13-12-21-2-9-29(38)23(14-21)19-45(25-5-6-25)37(46)34-28(15-24-17-42-18-33(34)43-24)22-3-7-26(8-4-22)48-20-27-16-32(44-49-27)35-30(40)10-11-31(41)36(35)39/h2-4,7-11,14,16,24-25,33,42-43H,5-6,12-13,15,17-20H2,1H3/t24-,33+/m1/s1. The first-order chi connectivity index (χ1) is 23.8. The molecule has 7 rings (SSSR count). The first kappa shape index (κ1) is 33.7. The Hall–Kier alpha value is -3.80. The van der Waals surface area contributed by atoms with Crippen molar-refractivity contribution >= 4 is 34.7 Å². The van der Waals surface area contributed by atoms with Crippen LogP contribution in [0.15, 0.2) is 70.8 Å². The van der Waals surface area contributed by atoms with Crippen molar-refractivity contribution in [3.63, 3.8) is 0 Å². The molecule has 2 atom stereocenters. The molecule has 2 fully saturated rings. The monoisotopic (exact) mass is 708 g/mol. The fourth-order valence-corrected chi connectivity index (χ4v) is 7.05. The van der Waals surface area contributed by atoms with E-state index in [4.69, 9.17) is 37.2 Å². The minimum absolute atomic E-state index is 0.0125. The predicted octanol–water partition coefficient (Wildman–Crippen LogP) is 6.97. The normalized spacial score (nSPS) is 18.9. The van der Waals surface area contributed by atoms with Crippen LogP contribution in [0.4, 0.5) is 8.78 Å². The number of carbonyl (C=O) groups excluding carboxylic acids is 1. The van der Waals surface area contributed by atoms with Gasteiger partial charge in [-0.05, 0) is 78.3 Å². The Balaban J connectivity index is 1.11. The molecular formula is C37H36Cl2F2N4O4. The molecule has 1 aromatic heterocycles. The number of nitrogens with one attached hydrogen (secondary N) is 2. The molecule has 0 spiro atoms. The Bertz CT molecular complexity index is 1880. The summed E-state index contributed by atoms with van der Waals surface area (Å²) in [6, 6.07) is 17.3. The average Bonchev–Trinajstić information content (AvgIpc) is 3.85. The molecule has 1 amide bonds. The third kappa shape index (κ3) is 7.39. The Kier molecular flexibility index (Phi) is 10.0. The summed E-state index contributed by atoms with van der Waals surface area (Å²) in [6.07, 6.45) is 3.42. The average molecular weight is 710 g/mol. The molecule has 2 bridgehead atoms. The topological polar surface area (TPSA) is 88.9 Å². The van der Waals surface area contributed by atoms with Gasteiger partial charge in [0, 0.05) is 55.5 Å². The van der Waals surface area contributed by atoms with Gasteiger partial charge in [-0.15, -0.1) is 0 Å². The van der Waals surface area contributed by atoms with Crippen LogP contribution in [0, 0.1) is 11.6 Å². The van der Waals surface area contributed by atoms with Crippen molar-refractivity contribution in [2.24, 2.45) is 0 Å². The van der Waals surface area contributed by atoms with E-state index >= 15 is 0 Å². The van der Waals surface area contributed by atoms with Gasteiger partial charge in [-0.3, -0.25) is 4.79 Å². The number of benzene rings is 3. The summed E-state index contributed by atoms with van der Waals surface area (Å²) >= 11 is 12.6. The molecule has 256 valence electrons. The number of hydrogen-bond acceptors (Lipinski definition) is 7. The van der Waals surface area contributed by atoms with E-state index in [-0.39, 0.29) is 46.9 Å². The van der Waals surface area contributed by atoms with Crippen LogP contribution in [0.5, 0.6) is 5.75 Å². The maximum absolute atomic E-state index is 14.6. The third-order valence-electron chi connectivity index (χ3n) is 9.27. The van der Waals surface area contributed by atoms with Crippen LogP contribution in [0.3, 0.4) is 0 Å². The number of fused-ring (bicyclic) bond motifs is 2. The summed E-state index contributed by atoms with van der Waals surface area (Å²) < 4.78 is 44.8. The molecule has 0 radical (unpaired) electrons. The number of methoxy groups -OCH3 is 1. The highest BCUT2D eigenvalue weighted by molar-refractivity contribution is 6.33. The van der Waals surface area contributed by atoms with Gasteiger partial charge in [-0.1, -0.05) is 52.6 Å². The summed E-state index contributed by atoms with van der Waals surface area (Å²) in [5, 5.41) is 11.3. The van der Waals surface area contributed by atoms with Crippen LogP contribution >= 0.6 is 23.2 Å². The molecule has 49 heavy (non-hydrogen) atoms. The van der Waals surface area contributed by atoms with Crippen molar-refractivity contribution in [3.8, 4) is 17.0 Å². The second kappa shape index (κ2) is 14.6. The van der Waals surface area contributed by atoms with Crippen LogP contribution < -0.4 is 15.4 Å². The highest BCUT2D eigenvalue weighted by Crippen LogP contribution is 2.38. The van der Waals surface area contributed by atoms with E-state index in [1.807, 2.05) is 41.3 Å². The molecule has 1 aliphatic carbocycles. The Morgan fingerprint density at radius 3 is 2.61 bits per heavy atom. The molecule has 0 unspecified atom stereocenters. The number of halogens is 4. The second-order valence-corrected chi connectivity index (χ2v) is 13.5. The largest absolute Gasteiger partial charge is 0.486 e. The summed E-state index contributed by atoms with van der Waals surface area (Å²) in [5.74, 6) is -0.530. The van der Waals surface area contributed by atoms with Gasteiger partial charge < -0.3 is 29.5 Å². The van der Waals surface area contributed by atoms with E-state index in [1.165, 1.54) is 6.07 Å². The zero-order chi connectivity index (χ0) is 34.1. The molecule has 3 aliphatic rings. The molecule has 8 nitrogen and oxygen atoms in total. The van der Waals surface area contributed by atoms with Crippen LogP contribution in [0.25, 0.3) is 16.8 Å². The summed E-state index contributed by atoms with van der Waals surface area (Å²) in [4.78, 5) is 16.6. The number of ether oxygens (including phenoxy) is 2. The van der Waals surface area contributed by atoms with Gasteiger partial charge in [0.25, 0.3) is 5.91 Å². The van der Waals surface area contributed by atoms with Crippen molar-refractivity contribution in [2.45, 2.75) is 57.0 Å². The molecular weight excluding hydrogens is 673 g/mol. The third-order valence-corrected chi connectivity index (χ3v) is 10.0. The zero-order valence-electron chi connectivity index (χ0n) is 26.9. The quantitative estimate of drug-likeness (QED) is 0.154. The van der Waals surface area contributed by atoms with Crippen molar-refractivity contribution in [3.05, 3.63) is 110 Å². The molecule has 2 aliphatic heterocycles. The van der Waals surface area contributed by atoms with E-state index < -0.39 is 11.6 Å². The Morgan fingerprint density at radius 1 is 1.04 bits per heavy atom. The number of piperazine rings is 1. The number of hydrogen-bond donors (Lipinski definition) is 2. The van der Waals surface area contributed by atoms with Gasteiger partial charge in [0.05, 0.1) is 23.2 Å². The van der Waals surface area contributed by atoms with Crippen molar-refractivity contribution in [1.82, 2.24) is 20.7 Å². The Morgan fingerprint density at radius 2 is 1.84 bits per heavy atom. The highest BCUT2D eigenvalue weighted by Gasteiger charge is 2.41. The number of amides is 1. The fourth-order valence-electron chi connectivity index (χ4n) is 6.62. The lowest BCUT2D eigenvalue weighted by atomic mass is 9.83. The van der Waals surface area contributed by atoms with Gasteiger partial charge >= 0.3 is 0 Å². The number of aromatic nitrogens is 1. The second-order valence-electron chi connectivity index (χ2n) is 12.7. The van der Waals surface area contributed by atoms with Crippen molar-refractivity contribution < 1.29 is 27.6 Å². The van der Waals surface area contributed by atoms with Crippen LogP contribution in [-0.4, -0.2) is 60.9 Å². The first-order valence-electron chi connectivity index (χ1n) is 16.4. The zero-order valence-corrected chi connectivity index (χ0v) is 28.4. The first-order valence-corrected chi connectivity index (χ1v) is 17.1. The van der Waals surface area contributed by atoms with Gasteiger partial charge in [0.15, 0.2) is 5.76 Å². The molecule has 4 aromatic rings. The summed E-state index contributed by atoms with van der Waals surface area (Å²) in [7, 11) is 1.69. The Labute approximate surface area is 293 Å². The van der Waals surface area contributed by atoms with E-state index in [1.54, 1.807) is 7.11 Å². The minimum Gasteiger partial charge on any atom is -0.486 e. The maximum Gasteiger partial charge on any atom is 0.252 e. The minimum atomic E-state index is -0.749. The predicted molar refractivity (Wildman–Crippen MR) is 183 cm³/mol. The summed E-state index contributed by atoms with van der Waals surface area (Å²) in [6.45, 7) is 2.55. The molecule has 12 heteroatoms. The van der Waals surface area contributed by atoms with Crippen LogP contribution in [-0.2, 0) is 29.1 Å². The van der Waals surface area contributed by atoms with Gasteiger partial charge in [0.2, 0.25) is 0 Å². The van der Waals surface area contributed by atoms with E-state index in [0.717, 1.165) is 65.8 Å². The number of nitrogens with zero attached hydrogens (tertiary/aromatic N) is 2. The van der Waals surface area contributed by atoms with E-state index in [0.29, 0.717) is 42.6 Å². The SMILES string of the molecule is COCCc1ccc(Cl)c(CN(C(=O)C2=C(c3ccc(OCc4cc(-c5c(F)ccc(F)c5Cl)no4)cc3)C[C@@H]3CNC[C@@H]2N3)C2CC2)c1. The summed E-state index contributed by atoms with van der Waals surface area (Å²) in [5.41, 5.74) is 4.75. The number of rotatable bonds is 12. The molecule has 1 saturated carbocycles. The molecule has 1 saturated heterocycles.